The molecule has 2 aromatic rings. The fourth-order valence-corrected chi connectivity index (χ4v) is 2.80. The molecular weight excluding hydrogens is 319 g/mol. The van der Waals surface area contributed by atoms with Crippen molar-refractivity contribution in [3.8, 4) is 5.75 Å². The zero-order valence-electron chi connectivity index (χ0n) is 11.4. The summed E-state index contributed by atoms with van der Waals surface area (Å²) in [5.41, 5.74) is 0.531. The first-order valence-electron chi connectivity index (χ1n) is 6.12. The van der Waals surface area contributed by atoms with Gasteiger partial charge in [-0.1, -0.05) is 6.07 Å². The summed E-state index contributed by atoms with van der Waals surface area (Å²) in [6, 6.07) is 8.22. The van der Waals surface area contributed by atoms with Crippen LogP contribution in [0.4, 0.5) is 18.9 Å². The van der Waals surface area contributed by atoms with E-state index in [4.69, 9.17) is 0 Å². The second kappa shape index (κ2) is 6.27. The molecule has 4 nitrogen and oxygen atoms in total. The van der Waals surface area contributed by atoms with Crippen LogP contribution < -0.4 is 9.46 Å². The molecule has 22 heavy (non-hydrogen) atoms. The Morgan fingerprint density at radius 3 is 2.32 bits per heavy atom. The van der Waals surface area contributed by atoms with Crippen molar-refractivity contribution in [3.63, 3.8) is 0 Å². The Kier molecular flexibility index (Phi) is 4.60. The number of aryl methyl sites for hydroxylation is 1. The van der Waals surface area contributed by atoms with E-state index in [1.807, 2.05) is 0 Å². The Morgan fingerprint density at radius 1 is 1.09 bits per heavy atom. The van der Waals surface area contributed by atoms with Gasteiger partial charge in [-0.15, -0.1) is 0 Å². The van der Waals surface area contributed by atoms with E-state index in [-0.39, 0.29) is 16.3 Å². The van der Waals surface area contributed by atoms with E-state index in [0.717, 1.165) is 24.3 Å². The monoisotopic (exact) mass is 331 g/mol. The van der Waals surface area contributed by atoms with Gasteiger partial charge in [0.15, 0.2) is 0 Å². The SMILES string of the molecule is Cc1ccc(OC(F)F)c(NS(=O)(=O)c2ccc(F)cc2)c1. The van der Waals surface area contributed by atoms with Gasteiger partial charge in [-0.2, -0.15) is 8.78 Å². The zero-order chi connectivity index (χ0) is 16.3. The van der Waals surface area contributed by atoms with Gasteiger partial charge in [-0.05, 0) is 48.9 Å². The highest BCUT2D eigenvalue weighted by atomic mass is 32.2. The van der Waals surface area contributed by atoms with Gasteiger partial charge in [0.25, 0.3) is 10.0 Å². The van der Waals surface area contributed by atoms with Crippen LogP contribution in [-0.2, 0) is 10.0 Å². The molecule has 0 aliphatic rings. The maximum atomic E-state index is 12.8. The van der Waals surface area contributed by atoms with Crippen LogP contribution in [0.3, 0.4) is 0 Å². The number of rotatable bonds is 5. The average molecular weight is 331 g/mol. The number of nitrogens with one attached hydrogen (secondary N) is 1. The number of sulfonamides is 1. The number of anilines is 1. The molecule has 0 heterocycles. The molecule has 1 N–H and O–H groups in total. The van der Waals surface area contributed by atoms with Crippen LogP contribution in [-0.4, -0.2) is 15.0 Å². The maximum Gasteiger partial charge on any atom is 0.387 e. The Hall–Kier alpha value is -2.22. The first-order valence-corrected chi connectivity index (χ1v) is 7.60. The summed E-state index contributed by atoms with van der Waals surface area (Å²) in [5, 5.41) is 0. The van der Waals surface area contributed by atoms with Crippen LogP contribution in [0.2, 0.25) is 0 Å². The van der Waals surface area contributed by atoms with Crippen LogP contribution in [0.15, 0.2) is 47.4 Å². The highest BCUT2D eigenvalue weighted by molar-refractivity contribution is 7.92. The lowest BCUT2D eigenvalue weighted by Gasteiger charge is -2.14. The summed E-state index contributed by atoms with van der Waals surface area (Å²) >= 11 is 0. The quantitative estimate of drug-likeness (QED) is 0.912. The topological polar surface area (TPSA) is 55.4 Å². The Bertz CT molecular complexity index is 761. The fourth-order valence-electron chi connectivity index (χ4n) is 1.74. The molecule has 0 aliphatic heterocycles. The zero-order valence-corrected chi connectivity index (χ0v) is 12.2. The molecule has 0 aromatic heterocycles. The molecule has 0 atom stereocenters. The summed E-state index contributed by atoms with van der Waals surface area (Å²) in [6.07, 6.45) is 0. The third-order valence-electron chi connectivity index (χ3n) is 2.72. The molecule has 0 aliphatic carbocycles. The number of halogens is 3. The smallest absolute Gasteiger partial charge is 0.387 e. The van der Waals surface area contributed by atoms with Gasteiger partial charge in [-0.3, -0.25) is 4.72 Å². The van der Waals surface area contributed by atoms with Crippen molar-refractivity contribution in [2.45, 2.75) is 18.4 Å². The van der Waals surface area contributed by atoms with E-state index in [0.29, 0.717) is 5.56 Å². The van der Waals surface area contributed by atoms with Crippen molar-refractivity contribution in [1.82, 2.24) is 0 Å². The van der Waals surface area contributed by atoms with Gasteiger partial charge in [-0.25, -0.2) is 12.8 Å². The average Bonchev–Trinajstić information content (AvgIpc) is 2.41. The summed E-state index contributed by atoms with van der Waals surface area (Å²) < 4.78 is 68.4. The molecular formula is C14H12F3NO3S. The van der Waals surface area contributed by atoms with Gasteiger partial charge in [0.1, 0.15) is 11.6 Å². The van der Waals surface area contributed by atoms with Crippen LogP contribution in [0.5, 0.6) is 5.75 Å². The number of benzene rings is 2. The van der Waals surface area contributed by atoms with Crippen molar-refractivity contribution in [3.05, 3.63) is 53.8 Å². The molecule has 8 heteroatoms. The van der Waals surface area contributed by atoms with Crippen LogP contribution in [0, 0.1) is 12.7 Å². The van der Waals surface area contributed by atoms with Crippen LogP contribution in [0.1, 0.15) is 5.56 Å². The minimum atomic E-state index is -4.05. The maximum absolute atomic E-state index is 12.8. The second-order valence-electron chi connectivity index (χ2n) is 4.44. The van der Waals surface area contributed by atoms with Gasteiger partial charge < -0.3 is 4.74 Å². The van der Waals surface area contributed by atoms with Crippen LogP contribution >= 0.6 is 0 Å². The van der Waals surface area contributed by atoms with Gasteiger partial charge >= 0.3 is 6.61 Å². The number of hydrogen-bond donors (Lipinski definition) is 1. The summed E-state index contributed by atoms with van der Waals surface area (Å²) in [4.78, 5) is -0.196. The predicted molar refractivity (Wildman–Crippen MR) is 75.0 cm³/mol. The fraction of sp³-hybridized carbons (Fsp3) is 0.143. The minimum Gasteiger partial charge on any atom is -0.433 e. The molecule has 0 saturated carbocycles. The number of alkyl halides is 2. The van der Waals surface area contributed by atoms with E-state index in [1.54, 1.807) is 6.92 Å². The molecule has 118 valence electrons. The lowest BCUT2D eigenvalue weighted by Crippen LogP contribution is -2.15. The van der Waals surface area contributed by atoms with E-state index >= 15 is 0 Å². The number of ether oxygens (including phenoxy) is 1. The van der Waals surface area contributed by atoms with Crippen molar-refractivity contribution in [2.24, 2.45) is 0 Å². The first-order chi connectivity index (χ1) is 10.3. The van der Waals surface area contributed by atoms with Crippen molar-refractivity contribution < 1.29 is 26.3 Å². The lowest BCUT2D eigenvalue weighted by molar-refractivity contribution is -0.0493. The third-order valence-corrected chi connectivity index (χ3v) is 4.10. The summed E-state index contributed by atoms with van der Waals surface area (Å²) in [6.45, 7) is -1.42. The Balaban J connectivity index is 2.36. The molecule has 0 unspecified atom stereocenters. The standard InChI is InChI=1S/C14H12F3NO3S/c1-9-2-7-13(21-14(16)17)12(8-9)18-22(19,20)11-5-3-10(15)4-6-11/h2-8,14,18H,1H3. The van der Waals surface area contributed by atoms with Crippen molar-refractivity contribution in [1.29, 1.82) is 0 Å². The van der Waals surface area contributed by atoms with Gasteiger partial charge in [0.05, 0.1) is 10.6 Å². The second-order valence-corrected chi connectivity index (χ2v) is 6.12. The van der Waals surface area contributed by atoms with Crippen LogP contribution in [0.25, 0.3) is 0 Å². The van der Waals surface area contributed by atoms with E-state index < -0.39 is 22.5 Å². The van der Waals surface area contributed by atoms with Crippen molar-refractivity contribution in [2.75, 3.05) is 4.72 Å². The summed E-state index contributed by atoms with van der Waals surface area (Å²) in [7, 11) is -4.05. The highest BCUT2D eigenvalue weighted by Crippen LogP contribution is 2.29. The van der Waals surface area contributed by atoms with Gasteiger partial charge in [0, 0.05) is 0 Å². The third kappa shape index (κ3) is 3.91. The minimum absolute atomic E-state index is 0.121. The largest absolute Gasteiger partial charge is 0.433 e. The first kappa shape index (κ1) is 16.2. The molecule has 0 saturated heterocycles. The van der Waals surface area contributed by atoms with Crippen molar-refractivity contribution >= 4 is 15.7 Å². The Morgan fingerprint density at radius 2 is 1.73 bits per heavy atom. The molecule has 0 spiro atoms. The van der Waals surface area contributed by atoms with Gasteiger partial charge in [0.2, 0.25) is 0 Å². The van der Waals surface area contributed by atoms with E-state index in [9.17, 15) is 21.6 Å². The highest BCUT2D eigenvalue weighted by Gasteiger charge is 2.18. The van der Waals surface area contributed by atoms with E-state index in [2.05, 4.69) is 9.46 Å². The van der Waals surface area contributed by atoms with E-state index in [1.165, 1.54) is 18.2 Å². The Labute approximate surface area is 125 Å². The molecule has 0 fully saturated rings. The molecule has 0 bridgehead atoms. The predicted octanol–water partition coefficient (Wildman–Crippen LogP) is 3.54. The molecule has 2 rings (SSSR count). The molecule has 0 amide bonds. The molecule has 0 radical (unpaired) electrons. The number of hydrogen-bond acceptors (Lipinski definition) is 3. The normalized spacial score (nSPS) is 11.5. The lowest BCUT2D eigenvalue weighted by atomic mass is 10.2. The summed E-state index contributed by atoms with van der Waals surface area (Å²) in [5.74, 6) is -0.887. The molecule has 2 aromatic carbocycles.